The Kier molecular flexibility index (Phi) is 6.41. The van der Waals surface area contributed by atoms with Gasteiger partial charge in [-0.05, 0) is 121 Å². The van der Waals surface area contributed by atoms with E-state index in [4.69, 9.17) is 0 Å². The van der Waals surface area contributed by atoms with Crippen LogP contribution in [0.25, 0.3) is 129 Å². The Morgan fingerprint density at radius 2 is 0.614 bits per heavy atom. The molecule has 57 heavy (non-hydrogen) atoms. The number of thiophene rings is 1. The molecule has 1 heteroatoms. The molecule has 0 aliphatic rings. The molecule has 0 spiro atoms. The van der Waals surface area contributed by atoms with Gasteiger partial charge in [-0.15, -0.1) is 11.3 Å². The number of fused-ring (bicyclic) bond motifs is 3. The highest BCUT2D eigenvalue weighted by Gasteiger charge is 2.17. The number of hydrogen-bond donors (Lipinski definition) is 0. The van der Waals surface area contributed by atoms with Gasteiger partial charge in [0.1, 0.15) is 0 Å². The van der Waals surface area contributed by atoms with Gasteiger partial charge < -0.3 is 0 Å². The molecule has 0 bridgehead atoms. The maximum atomic E-state index is 2.40. The van der Waals surface area contributed by atoms with Gasteiger partial charge in [-0.3, -0.25) is 0 Å². The Bertz CT molecular complexity index is 3700. The zero-order valence-corrected chi connectivity index (χ0v) is 31.7. The van der Waals surface area contributed by atoms with Crippen molar-refractivity contribution in [2.45, 2.75) is 0 Å². The molecule has 0 fully saturated rings. The number of rotatable bonds is 4. The molecule has 0 N–H and O–H groups in total. The standard InChI is InChI=1S/C56H32S/c1-2-5-34(6-3-1)43-23-15-39-20-30-49-44(24-16-40-19-29-48(43)55(39)56(40)49)35-11-9-33(10-12-35)41-21-26-46-47-27-22-42(32-52(47)57-51(46)31-41)45-25-17-38-14-13-36-7-4-8-37-18-28-50(45)54(38)53(36)37/h1-32H. The zero-order chi connectivity index (χ0) is 37.2. The molecule has 262 valence electrons. The van der Waals surface area contributed by atoms with E-state index in [0.717, 1.165) is 0 Å². The van der Waals surface area contributed by atoms with Crippen LogP contribution in [0.2, 0.25) is 0 Å². The molecule has 0 nitrogen and oxygen atoms in total. The SMILES string of the molecule is c1ccc(-c2ccc3ccc4c(-c5ccc(-c6ccc7c(c6)sc6cc(-c8ccc9ccc%10cccc%11ccc8c9c%10%11)ccc67)cc5)ccc5ccc2c3c54)cc1. The minimum Gasteiger partial charge on any atom is -0.135 e. The smallest absolute Gasteiger partial charge is 0.0361 e. The first kappa shape index (κ1) is 31.2. The van der Waals surface area contributed by atoms with Crippen LogP contribution in [0.5, 0.6) is 0 Å². The van der Waals surface area contributed by atoms with E-state index in [-0.39, 0.29) is 0 Å². The second kappa shape index (κ2) is 11.7. The second-order valence-corrected chi connectivity index (χ2v) is 16.7. The Hall–Kier alpha value is -7.06. The molecule has 0 saturated carbocycles. The van der Waals surface area contributed by atoms with E-state index < -0.39 is 0 Å². The van der Waals surface area contributed by atoms with Crippen LogP contribution >= 0.6 is 11.3 Å². The van der Waals surface area contributed by atoms with Gasteiger partial charge in [0, 0.05) is 20.2 Å². The van der Waals surface area contributed by atoms with E-state index in [1.807, 2.05) is 11.3 Å². The first-order valence-corrected chi connectivity index (χ1v) is 20.6. The van der Waals surface area contributed by atoms with Crippen LogP contribution in [0.1, 0.15) is 0 Å². The highest BCUT2D eigenvalue weighted by Crippen LogP contribution is 2.45. The molecule has 1 aromatic heterocycles. The lowest BCUT2D eigenvalue weighted by Gasteiger charge is -2.16. The van der Waals surface area contributed by atoms with Gasteiger partial charge in [-0.1, -0.05) is 182 Å². The van der Waals surface area contributed by atoms with Gasteiger partial charge in [0.25, 0.3) is 0 Å². The average molecular weight is 737 g/mol. The Labute approximate surface area is 333 Å². The minimum atomic E-state index is 1.23. The highest BCUT2D eigenvalue weighted by atomic mass is 32.1. The molecule has 13 aromatic rings. The quantitative estimate of drug-likeness (QED) is 0.158. The van der Waals surface area contributed by atoms with Crippen LogP contribution < -0.4 is 0 Å². The van der Waals surface area contributed by atoms with Crippen molar-refractivity contribution in [2.24, 2.45) is 0 Å². The molecule has 0 radical (unpaired) electrons. The maximum Gasteiger partial charge on any atom is 0.0361 e. The van der Waals surface area contributed by atoms with E-state index in [9.17, 15) is 0 Å². The van der Waals surface area contributed by atoms with E-state index in [0.29, 0.717) is 0 Å². The van der Waals surface area contributed by atoms with Gasteiger partial charge in [0.2, 0.25) is 0 Å². The van der Waals surface area contributed by atoms with Crippen LogP contribution in [-0.2, 0) is 0 Å². The number of hydrogen-bond acceptors (Lipinski definition) is 1. The van der Waals surface area contributed by atoms with Crippen molar-refractivity contribution in [3.8, 4) is 44.5 Å². The summed E-state index contributed by atoms with van der Waals surface area (Å²) in [7, 11) is 0. The molecule has 0 aliphatic heterocycles. The predicted molar refractivity (Wildman–Crippen MR) is 248 cm³/mol. The normalized spacial score (nSPS) is 12.2. The Morgan fingerprint density at radius 1 is 0.228 bits per heavy atom. The van der Waals surface area contributed by atoms with Crippen molar-refractivity contribution in [2.75, 3.05) is 0 Å². The third kappa shape index (κ3) is 4.55. The Morgan fingerprint density at radius 3 is 1.19 bits per heavy atom. The number of benzene rings is 12. The summed E-state index contributed by atoms with van der Waals surface area (Å²) in [5.41, 5.74) is 10.1. The van der Waals surface area contributed by atoms with Crippen molar-refractivity contribution in [3.05, 3.63) is 194 Å². The zero-order valence-electron chi connectivity index (χ0n) is 30.9. The van der Waals surface area contributed by atoms with Gasteiger partial charge in [-0.25, -0.2) is 0 Å². The molecule has 1 heterocycles. The van der Waals surface area contributed by atoms with Crippen LogP contribution in [-0.4, -0.2) is 0 Å². The molecule has 12 aromatic carbocycles. The third-order valence-corrected chi connectivity index (χ3v) is 13.7. The highest BCUT2D eigenvalue weighted by molar-refractivity contribution is 7.25. The van der Waals surface area contributed by atoms with Crippen molar-refractivity contribution < 1.29 is 0 Å². The van der Waals surface area contributed by atoms with E-state index in [1.54, 1.807) is 0 Å². The van der Waals surface area contributed by atoms with Crippen molar-refractivity contribution in [1.29, 1.82) is 0 Å². The van der Waals surface area contributed by atoms with Crippen LogP contribution in [0.3, 0.4) is 0 Å². The molecule has 0 saturated heterocycles. The fourth-order valence-electron chi connectivity index (χ4n) is 9.88. The van der Waals surface area contributed by atoms with Gasteiger partial charge in [0.15, 0.2) is 0 Å². The topological polar surface area (TPSA) is 0 Å². The first-order chi connectivity index (χ1) is 28.2. The van der Waals surface area contributed by atoms with Gasteiger partial charge in [-0.2, -0.15) is 0 Å². The second-order valence-electron chi connectivity index (χ2n) is 15.6. The molecular formula is C56H32S. The fourth-order valence-corrected chi connectivity index (χ4v) is 11.1. The summed E-state index contributed by atoms with van der Waals surface area (Å²) < 4.78 is 2.64. The fraction of sp³-hybridized carbons (Fsp3) is 0. The van der Waals surface area contributed by atoms with E-state index in [1.165, 1.54) is 129 Å². The van der Waals surface area contributed by atoms with Crippen LogP contribution in [0.15, 0.2) is 194 Å². The van der Waals surface area contributed by atoms with Crippen molar-refractivity contribution >= 4 is 96.1 Å². The minimum absolute atomic E-state index is 1.23. The first-order valence-electron chi connectivity index (χ1n) is 19.7. The predicted octanol–water partition coefficient (Wildman–Crippen LogP) is 16.5. The summed E-state index contributed by atoms with van der Waals surface area (Å²) in [4.78, 5) is 0. The maximum absolute atomic E-state index is 2.40. The molecule has 0 unspecified atom stereocenters. The molecule has 0 amide bonds. The molecule has 0 atom stereocenters. The lowest BCUT2D eigenvalue weighted by atomic mass is 9.87. The lowest BCUT2D eigenvalue weighted by molar-refractivity contribution is 1.63. The summed E-state index contributed by atoms with van der Waals surface area (Å²) in [5.74, 6) is 0. The monoisotopic (exact) mass is 736 g/mol. The summed E-state index contributed by atoms with van der Waals surface area (Å²) in [5, 5.41) is 18.5. The average Bonchev–Trinajstić information content (AvgIpc) is 3.65. The molecular weight excluding hydrogens is 705 g/mol. The van der Waals surface area contributed by atoms with Gasteiger partial charge in [0.05, 0.1) is 0 Å². The summed E-state index contributed by atoms with van der Waals surface area (Å²) in [6.07, 6.45) is 0. The summed E-state index contributed by atoms with van der Waals surface area (Å²) in [6.45, 7) is 0. The summed E-state index contributed by atoms with van der Waals surface area (Å²) >= 11 is 1.90. The molecule has 13 rings (SSSR count). The summed E-state index contributed by atoms with van der Waals surface area (Å²) in [6, 6.07) is 72.7. The largest absolute Gasteiger partial charge is 0.135 e. The van der Waals surface area contributed by atoms with E-state index >= 15 is 0 Å². The van der Waals surface area contributed by atoms with Crippen molar-refractivity contribution in [3.63, 3.8) is 0 Å². The van der Waals surface area contributed by atoms with E-state index in [2.05, 4.69) is 194 Å². The van der Waals surface area contributed by atoms with Crippen molar-refractivity contribution in [1.82, 2.24) is 0 Å². The van der Waals surface area contributed by atoms with Crippen LogP contribution in [0, 0.1) is 0 Å². The molecule has 0 aliphatic carbocycles. The van der Waals surface area contributed by atoms with Crippen LogP contribution in [0.4, 0.5) is 0 Å². The third-order valence-electron chi connectivity index (χ3n) is 12.6. The van der Waals surface area contributed by atoms with Gasteiger partial charge >= 0.3 is 0 Å². The lowest BCUT2D eigenvalue weighted by Crippen LogP contribution is -1.89. The Balaban J connectivity index is 0.873.